The van der Waals surface area contributed by atoms with Gasteiger partial charge in [0, 0.05) is 12.3 Å². The summed E-state index contributed by atoms with van der Waals surface area (Å²) in [4.78, 5) is 20.2. The molecular formula is C5H9NO4S. The van der Waals surface area contributed by atoms with Gasteiger partial charge in [-0.25, -0.2) is 4.79 Å². The molecule has 6 heteroatoms. The molecule has 0 radical (unpaired) electrons. The topological polar surface area (TPSA) is 77.8 Å². The van der Waals surface area contributed by atoms with E-state index in [0.717, 1.165) is 24.6 Å². The Bertz CT molecular complexity index is 130. The molecule has 0 saturated carbocycles. The summed E-state index contributed by atoms with van der Waals surface area (Å²) >= 11 is 1.80. The van der Waals surface area contributed by atoms with Crippen molar-refractivity contribution in [2.24, 2.45) is 0 Å². The Balaban J connectivity index is 0.000000218. The maximum absolute atomic E-state index is 9.92. The van der Waals surface area contributed by atoms with Crippen LogP contribution >= 0.6 is 11.8 Å². The van der Waals surface area contributed by atoms with Crippen LogP contribution in [0.15, 0.2) is 0 Å². The van der Waals surface area contributed by atoms with Gasteiger partial charge in [-0.3, -0.25) is 4.79 Å². The van der Waals surface area contributed by atoms with Crippen LogP contribution in [0.4, 0.5) is 4.79 Å². The molecule has 64 valence electrons. The van der Waals surface area contributed by atoms with Gasteiger partial charge in [-0.15, -0.1) is 11.8 Å². The minimum absolute atomic E-state index is 0.892. The number of hydrogen-bond donors (Lipinski definition) is 2. The van der Waals surface area contributed by atoms with Crippen molar-refractivity contribution in [3.63, 3.8) is 0 Å². The van der Waals surface area contributed by atoms with E-state index >= 15 is 0 Å². The van der Waals surface area contributed by atoms with Crippen molar-refractivity contribution >= 4 is 24.3 Å². The molecule has 0 unspecified atom stereocenters. The maximum atomic E-state index is 9.92. The molecular weight excluding hydrogens is 170 g/mol. The maximum Gasteiger partial charge on any atom is 0.503 e. The molecule has 1 aliphatic heterocycles. The van der Waals surface area contributed by atoms with E-state index in [1.807, 2.05) is 0 Å². The molecule has 11 heavy (non-hydrogen) atoms. The molecule has 1 amide bonds. The number of amides is 1. The van der Waals surface area contributed by atoms with E-state index in [4.69, 9.17) is 15.0 Å². The van der Waals surface area contributed by atoms with Gasteiger partial charge in [0.1, 0.15) is 0 Å². The third-order valence-corrected chi connectivity index (χ3v) is 1.91. The van der Waals surface area contributed by atoms with Gasteiger partial charge < -0.3 is 15.1 Å². The molecule has 2 N–H and O–H groups in total. The zero-order valence-electron chi connectivity index (χ0n) is 5.77. The number of carboxylic acid groups (broad SMARTS) is 2. The van der Waals surface area contributed by atoms with Gasteiger partial charge in [-0.1, -0.05) is 0 Å². The first-order chi connectivity index (χ1) is 5.16. The van der Waals surface area contributed by atoms with Crippen LogP contribution in [0.25, 0.3) is 0 Å². The average molecular weight is 179 g/mol. The van der Waals surface area contributed by atoms with Crippen LogP contribution in [-0.4, -0.2) is 45.9 Å². The quantitative estimate of drug-likeness (QED) is 0.569. The van der Waals surface area contributed by atoms with Crippen molar-refractivity contribution in [3.05, 3.63) is 0 Å². The largest absolute Gasteiger partial charge is 0.503 e. The molecule has 1 fully saturated rings. The number of rotatable bonds is 1. The highest BCUT2D eigenvalue weighted by Gasteiger charge is 2.06. The summed E-state index contributed by atoms with van der Waals surface area (Å²) in [6.45, 7) is 0.939. The zero-order valence-corrected chi connectivity index (χ0v) is 6.58. The lowest BCUT2D eigenvalue weighted by atomic mass is 10.7. The molecule has 1 saturated heterocycles. The monoisotopic (exact) mass is 179 g/mol. The molecule has 1 rings (SSSR count). The second kappa shape index (κ2) is 5.84. The van der Waals surface area contributed by atoms with E-state index in [-0.39, 0.29) is 0 Å². The van der Waals surface area contributed by atoms with Crippen LogP contribution in [0.5, 0.6) is 0 Å². The fourth-order valence-electron chi connectivity index (χ4n) is 0.511. The molecule has 5 nitrogen and oxygen atoms in total. The molecule has 0 aromatic heterocycles. The van der Waals surface area contributed by atoms with Crippen LogP contribution in [0, 0.1) is 0 Å². The third-order valence-electron chi connectivity index (χ3n) is 0.929. The fourth-order valence-corrected chi connectivity index (χ4v) is 1.43. The highest BCUT2D eigenvalue weighted by Crippen LogP contribution is 2.09. The van der Waals surface area contributed by atoms with Gasteiger partial charge in [0.05, 0.1) is 5.88 Å². The van der Waals surface area contributed by atoms with Gasteiger partial charge in [-0.2, -0.15) is 0 Å². The van der Waals surface area contributed by atoms with Gasteiger partial charge in [0.25, 0.3) is 0 Å². The summed E-state index contributed by atoms with van der Waals surface area (Å²) in [5.74, 6) is 2.00. The van der Waals surface area contributed by atoms with Crippen LogP contribution in [0.1, 0.15) is 0 Å². The van der Waals surface area contributed by atoms with Crippen molar-refractivity contribution in [1.29, 1.82) is 0 Å². The standard InChI is InChI=1S/C4H7NOS.CH2O3/c6-3-5-1-2-7-4-5;2-1(3)4/h3H,1-2,4H2;(H2,2,3,4). The summed E-state index contributed by atoms with van der Waals surface area (Å²) in [6.07, 6.45) is -0.931. The molecule has 1 heterocycles. The van der Waals surface area contributed by atoms with Crippen LogP contribution in [0.2, 0.25) is 0 Å². The van der Waals surface area contributed by atoms with E-state index in [9.17, 15) is 4.79 Å². The Morgan fingerprint density at radius 2 is 2.09 bits per heavy atom. The number of carbonyl (C=O) groups excluding carboxylic acids is 1. The minimum atomic E-state index is -1.83. The van der Waals surface area contributed by atoms with Gasteiger partial charge in [0.15, 0.2) is 0 Å². The number of carbonyl (C=O) groups is 2. The van der Waals surface area contributed by atoms with Gasteiger partial charge >= 0.3 is 6.16 Å². The first-order valence-corrected chi connectivity index (χ1v) is 4.01. The summed E-state index contributed by atoms with van der Waals surface area (Å²) in [6, 6.07) is 0. The summed E-state index contributed by atoms with van der Waals surface area (Å²) in [5, 5.41) is 13.9. The second-order valence-electron chi connectivity index (χ2n) is 1.74. The normalized spacial score (nSPS) is 15.1. The van der Waals surface area contributed by atoms with Crippen molar-refractivity contribution < 1.29 is 19.8 Å². The van der Waals surface area contributed by atoms with Gasteiger partial charge in [0.2, 0.25) is 6.41 Å². The van der Waals surface area contributed by atoms with Crippen molar-refractivity contribution in [3.8, 4) is 0 Å². The van der Waals surface area contributed by atoms with E-state index < -0.39 is 6.16 Å². The van der Waals surface area contributed by atoms with Crippen molar-refractivity contribution in [2.75, 3.05) is 18.2 Å². The molecule has 1 aliphatic rings. The Hall–Kier alpha value is -0.910. The molecule has 0 atom stereocenters. The van der Waals surface area contributed by atoms with Crippen LogP contribution in [-0.2, 0) is 4.79 Å². The SMILES string of the molecule is O=C(O)O.O=CN1CCSC1. The highest BCUT2D eigenvalue weighted by atomic mass is 32.2. The molecule has 0 bridgehead atoms. The lowest BCUT2D eigenvalue weighted by Gasteiger charge is -2.01. The third kappa shape index (κ3) is 6.98. The second-order valence-corrected chi connectivity index (χ2v) is 2.81. The van der Waals surface area contributed by atoms with E-state index in [1.165, 1.54) is 0 Å². The molecule has 0 aliphatic carbocycles. The first kappa shape index (κ1) is 10.1. The number of hydrogen-bond acceptors (Lipinski definition) is 3. The van der Waals surface area contributed by atoms with Gasteiger partial charge in [-0.05, 0) is 0 Å². The fraction of sp³-hybridized carbons (Fsp3) is 0.600. The molecule has 0 aromatic carbocycles. The summed E-state index contributed by atoms with van der Waals surface area (Å²) in [5.41, 5.74) is 0. The Morgan fingerprint density at radius 3 is 2.27 bits per heavy atom. The summed E-state index contributed by atoms with van der Waals surface area (Å²) in [7, 11) is 0. The lowest BCUT2D eigenvalue weighted by Crippen LogP contribution is -2.15. The number of thioether (sulfide) groups is 1. The first-order valence-electron chi connectivity index (χ1n) is 2.86. The Morgan fingerprint density at radius 1 is 1.55 bits per heavy atom. The van der Waals surface area contributed by atoms with E-state index in [0.29, 0.717) is 0 Å². The Labute approximate surface area is 68.0 Å². The van der Waals surface area contributed by atoms with Crippen molar-refractivity contribution in [1.82, 2.24) is 4.90 Å². The smallest absolute Gasteiger partial charge is 0.450 e. The highest BCUT2D eigenvalue weighted by molar-refractivity contribution is 7.99. The van der Waals surface area contributed by atoms with E-state index in [2.05, 4.69) is 0 Å². The van der Waals surface area contributed by atoms with E-state index in [1.54, 1.807) is 16.7 Å². The van der Waals surface area contributed by atoms with Crippen molar-refractivity contribution in [2.45, 2.75) is 0 Å². The van der Waals surface area contributed by atoms with Crippen LogP contribution < -0.4 is 0 Å². The average Bonchev–Trinajstić information content (AvgIpc) is 2.36. The molecule has 0 aromatic rings. The zero-order chi connectivity index (χ0) is 8.69. The van der Waals surface area contributed by atoms with Crippen LogP contribution in [0.3, 0.4) is 0 Å². The predicted molar refractivity (Wildman–Crippen MR) is 40.7 cm³/mol. The Kier molecular flexibility index (Phi) is 5.36. The predicted octanol–water partition coefficient (Wildman–Crippen LogP) is 0.372. The number of nitrogens with zero attached hydrogens (tertiary/aromatic N) is 1. The summed E-state index contributed by atoms with van der Waals surface area (Å²) < 4.78 is 0. The minimum Gasteiger partial charge on any atom is -0.450 e. The molecule has 0 spiro atoms. The lowest BCUT2D eigenvalue weighted by molar-refractivity contribution is -0.116.